The molecule has 1 fully saturated rings. The molecule has 4 rings (SSSR count). The highest BCUT2D eigenvalue weighted by Crippen LogP contribution is 2.24. The Balaban J connectivity index is 1.49. The van der Waals surface area contributed by atoms with Crippen LogP contribution < -0.4 is 15.0 Å². The van der Waals surface area contributed by atoms with Gasteiger partial charge in [-0.15, -0.1) is 0 Å². The summed E-state index contributed by atoms with van der Waals surface area (Å²) in [6.07, 6.45) is 0. The molecule has 33 heavy (non-hydrogen) atoms. The number of rotatable bonds is 7. The first-order valence-corrected chi connectivity index (χ1v) is 11.1. The summed E-state index contributed by atoms with van der Waals surface area (Å²) in [5.74, 6) is 0.795. The van der Waals surface area contributed by atoms with Crippen molar-refractivity contribution in [3.8, 4) is 5.75 Å². The fraction of sp³-hybridized carbons (Fsp3) is 0.259. The topological polar surface area (TPSA) is 49.2 Å². The zero-order chi connectivity index (χ0) is 23.0. The molecule has 1 amide bonds. The van der Waals surface area contributed by atoms with Crippen molar-refractivity contribution >= 4 is 17.3 Å². The standard InChI is InChI=1S/C27H28N4O2/c1-28-23-10-8-21(9-11-23)18-29-27(32)26-20-30(19-22-6-4-3-5-7-22)16-17-31(26)24-12-14-25(33-2)15-13-24/h3-15,26H,16-20H2,2H3,(H,29,32). The van der Waals surface area contributed by atoms with Crippen LogP contribution in [0.3, 0.4) is 0 Å². The average molecular weight is 441 g/mol. The molecule has 1 aliphatic rings. The van der Waals surface area contributed by atoms with Crippen LogP contribution in [-0.2, 0) is 17.9 Å². The van der Waals surface area contributed by atoms with Crippen molar-refractivity contribution < 1.29 is 9.53 Å². The Morgan fingerprint density at radius 3 is 2.39 bits per heavy atom. The van der Waals surface area contributed by atoms with E-state index in [9.17, 15) is 4.79 Å². The van der Waals surface area contributed by atoms with E-state index in [0.717, 1.165) is 36.6 Å². The van der Waals surface area contributed by atoms with Gasteiger partial charge in [0.15, 0.2) is 5.69 Å². The number of carbonyl (C=O) groups is 1. The van der Waals surface area contributed by atoms with Crippen molar-refractivity contribution in [1.82, 2.24) is 10.2 Å². The Kier molecular flexibility index (Phi) is 7.23. The van der Waals surface area contributed by atoms with Gasteiger partial charge >= 0.3 is 0 Å². The molecule has 0 aliphatic carbocycles. The molecule has 3 aromatic carbocycles. The van der Waals surface area contributed by atoms with Gasteiger partial charge in [-0.2, -0.15) is 0 Å². The largest absolute Gasteiger partial charge is 0.497 e. The molecule has 0 bridgehead atoms. The summed E-state index contributed by atoms with van der Waals surface area (Å²) in [5, 5.41) is 3.10. The van der Waals surface area contributed by atoms with E-state index in [1.165, 1.54) is 5.56 Å². The highest BCUT2D eigenvalue weighted by atomic mass is 16.5. The Morgan fingerprint density at radius 2 is 1.73 bits per heavy atom. The second kappa shape index (κ2) is 10.7. The van der Waals surface area contributed by atoms with Crippen LogP contribution in [-0.4, -0.2) is 43.6 Å². The lowest BCUT2D eigenvalue weighted by atomic mass is 10.1. The number of amides is 1. The van der Waals surface area contributed by atoms with Crippen molar-refractivity contribution in [3.05, 3.63) is 101 Å². The monoisotopic (exact) mass is 440 g/mol. The van der Waals surface area contributed by atoms with Crippen LogP contribution in [0.2, 0.25) is 0 Å². The second-order valence-electron chi connectivity index (χ2n) is 8.12. The predicted octanol–water partition coefficient (Wildman–Crippen LogP) is 4.25. The minimum atomic E-state index is -0.307. The second-order valence-corrected chi connectivity index (χ2v) is 8.12. The number of anilines is 1. The molecular weight excluding hydrogens is 412 g/mol. The van der Waals surface area contributed by atoms with Crippen LogP contribution in [0.25, 0.3) is 4.85 Å². The Labute approximate surface area is 195 Å². The Morgan fingerprint density at radius 1 is 1.00 bits per heavy atom. The highest BCUT2D eigenvalue weighted by molar-refractivity contribution is 5.86. The number of piperazine rings is 1. The Hall–Kier alpha value is -3.82. The molecule has 1 saturated heterocycles. The lowest BCUT2D eigenvalue weighted by molar-refractivity contribution is -0.123. The smallest absolute Gasteiger partial charge is 0.244 e. The summed E-state index contributed by atoms with van der Waals surface area (Å²) >= 11 is 0. The van der Waals surface area contributed by atoms with Crippen LogP contribution in [0.15, 0.2) is 78.9 Å². The van der Waals surface area contributed by atoms with Gasteiger partial charge in [-0.1, -0.05) is 54.6 Å². The van der Waals surface area contributed by atoms with Gasteiger partial charge < -0.3 is 15.0 Å². The van der Waals surface area contributed by atoms with Crippen LogP contribution >= 0.6 is 0 Å². The first-order chi connectivity index (χ1) is 16.2. The van der Waals surface area contributed by atoms with Crippen LogP contribution in [0.1, 0.15) is 11.1 Å². The summed E-state index contributed by atoms with van der Waals surface area (Å²) in [5.41, 5.74) is 3.83. The number of methoxy groups -OCH3 is 1. The van der Waals surface area contributed by atoms with E-state index >= 15 is 0 Å². The SMILES string of the molecule is [C-]#[N+]c1ccc(CNC(=O)C2CN(Cc3ccccc3)CCN2c2ccc(OC)cc2)cc1. The maximum absolute atomic E-state index is 13.3. The molecule has 1 heterocycles. The van der Waals surface area contributed by atoms with Crippen LogP contribution in [0.4, 0.5) is 11.4 Å². The molecule has 6 nitrogen and oxygen atoms in total. The quantitative estimate of drug-likeness (QED) is 0.558. The van der Waals surface area contributed by atoms with Crippen molar-refractivity contribution in [2.75, 3.05) is 31.6 Å². The molecule has 6 heteroatoms. The molecule has 0 saturated carbocycles. The number of nitrogens with zero attached hydrogens (tertiary/aromatic N) is 3. The maximum atomic E-state index is 13.3. The summed E-state index contributed by atoms with van der Waals surface area (Å²) in [6.45, 7) is 10.6. The third kappa shape index (κ3) is 5.71. The van der Waals surface area contributed by atoms with E-state index in [-0.39, 0.29) is 11.9 Å². The number of nitrogens with one attached hydrogen (secondary N) is 1. The van der Waals surface area contributed by atoms with E-state index in [1.807, 2.05) is 54.6 Å². The normalized spacial score (nSPS) is 16.1. The van der Waals surface area contributed by atoms with Crippen molar-refractivity contribution in [2.45, 2.75) is 19.1 Å². The minimum Gasteiger partial charge on any atom is -0.497 e. The molecule has 0 spiro atoms. The molecule has 1 atom stereocenters. The highest BCUT2D eigenvalue weighted by Gasteiger charge is 2.32. The van der Waals surface area contributed by atoms with Gasteiger partial charge in [-0.3, -0.25) is 9.69 Å². The maximum Gasteiger partial charge on any atom is 0.244 e. The molecule has 0 aromatic heterocycles. The number of hydrogen-bond donors (Lipinski definition) is 1. The van der Waals surface area contributed by atoms with Gasteiger partial charge in [0, 0.05) is 38.4 Å². The van der Waals surface area contributed by atoms with Crippen LogP contribution in [0, 0.1) is 6.57 Å². The van der Waals surface area contributed by atoms with E-state index < -0.39 is 0 Å². The van der Waals surface area contributed by atoms with Crippen LogP contribution in [0.5, 0.6) is 5.75 Å². The first-order valence-electron chi connectivity index (χ1n) is 11.1. The van der Waals surface area contributed by atoms with E-state index in [0.29, 0.717) is 18.8 Å². The van der Waals surface area contributed by atoms with E-state index in [2.05, 4.69) is 32.1 Å². The zero-order valence-electron chi connectivity index (χ0n) is 18.8. The fourth-order valence-corrected chi connectivity index (χ4v) is 4.13. The number of benzene rings is 3. The summed E-state index contributed by atoms with van der Waals surface area (Å²) < 4.78 is 5.29. The molecular formula is C27H28N4O2. The van der Waals surface area contributed by atoms with Gasteiger partial charge in [-0.25, -0.2) is 4.85 Å². The third-order valence-corrected chi connectivity index (χ3v) is 5.95. The Bertz CT molecular complexity index is 1090. The summed E-state index contributed by atoms with van der Waals surface area (Å²) in [4.78, 5) is 21.3. The van der Waals surface area contributed by atoms with E-state index in [1.54, 1.807) is 19.2 Å². The lowest BCUT2D eigenvalue weighted by Crippen LogP contribution is -2.59. The van der Waals surface area contributed by atoms with Gasteiger partial charge in [0.05, 0.1) is 13.7 Å². The number of ether oxygens (including phenoxy) is 1. The van der Waals surface area contributed by atoms with Gasteiger partial charge in [0.1, 0.15) is 11.8 Å². The number of carbonyl (C=O) groups excluding carboxylic acids is 1. The lowest BCUT2D eigenvalue weighted by Gasteiger charge is -2.42. The predicted molar refractivity (Wildman–Crippen MR) is 130 cm³/mol. The summed E-state index contributed by atoms with van der Waals surface area (Å²) in [6, 6.07) is 25.3. The van der Waals surface area contributed by atoms with Gasteiger partial charge in [0.25, 0.3) is 0 Å². The third-order valence-electron chi connectivity index (χ3n) is 5.95. The molecule has 1 unspecified atom stereocenters. The fourth-order valence-electron chi connectivity index (χ4n) is 4.13. The van der Waals surface area contributed by atoms with E-state index in [4.69, 9.17) is 11.3 Å². The molecule has 168 valence electrons. The minimum absolute atomic E-state index is 0.00200. The molecule has 1 N–H and O–H groups in total. The van der Waals surface area contributed by atoms with Crippen molar-refractivity contribution in [3.63, 3.8) is 0 Å². The molecule has 3 aromatic rings. The van der Waals surface area contributed by atoms with Gasteiger partial charge in [0.2, 0.25) is 5.91 Å². The molecule has 1 aliphatic heterocycles. The summed E-state index contributed by atoms with van der Waals surface area (Å²) in [7, 11) is 1.65. The van der Waals surface area contributed by atoms with Crippen molar-refractivity contribution in [2.24, 2.45) is 0 Å². The zero-order valence-corrected chi connectivity index (χ0v) is 18.8. The van der Waals surface area contributed by atoms with Gasteiger partial charge in [-0.05, 0) is 35.4 Å². The average Bonchev–Trinajstić information content (AvgIpc) is 2.88. The first kappa shape index (κ1) is 22.4. The molecule has 0 radical (unpaired) electrons. The number of hydrogen-bond acceptors (Lipinski definition) is 4. The van der Waals surface area contributed by atoms with Crippen molar-refractivity contribution in [1.29, 1.82) is 0 Å².